The zero-order valence-corrected chi connectivity index (χ0v) is 16.1. The molecule has 0 saturated heterocycles. The van der Waals surface area contributed by atoms with Crippen molar-refractivity contribution in [3.05, 3.63) is 75.2 Å². The third-order valence-electron chi connectivity index (χ3n) is 3.38. The molecule has 0 amide bonds. The molecule has 5 nitrogen and oxygen atoms in total. The normalized spacial score (nSPS) is 10.7. The number of carbonyl (C=O) groups is 1. The van der Waals surface area contributed by atoms with E-state index >= 15 is 0 Å². The average molecular weight is 409 g/mol. The number of carbonyl (C=O) groups excluding carboxylic acids is 1. The van der Waals surface area contributed by atoms with Gasteiger partial charge in [0, 0.05) is 18.0 Å². The van der Waals surface area contributed by atoms with Gasteiger partial charge in [-0.05, 0) is 36.8 Å². The maximum atomic E-state index is 12.4. The number of benzene rings is 1. The van der Waals surface area contributed by atoms with Gasteiger partial charge in [-0.25, -0.2) is 9.78 Å². The lowest BCUT2D eigenvalue weighted by Gasteiger charge is -2.08. The van der Waals surface area contributed by atoms with Gasteiger partial charge in [0.25, 0.3) is 0 Å². The third kappa shape index (κ3) is 4.78. The van der Waals surface area contributed by atoms with Crippen molar-refractivity contribution >= 4 is 40.9 Å². The number of ether oxygens (including phenoxy) is 1. The Bertz CT molecular complexity index is 930. The molecule has 134 valence electrons. The Labute approximate surface area is 164 Å². The van der Waals surface area contributed by atoms with Gasteiger partial charge in [-0.15, -0.1) is 0 Å². The van der Waals surface area contributed by atoms with Gasteiger partial charge >= 0.3 is 5.97 Å². The molecule has 1 aromatic carbocycles. The SMILES string of the molecule is Cc1cc(CSc2ncccc2C(=O)OCc2ccc(Cl)c(Cl)c2)no1. The van der Waals surface area contributed by atoms with Crippen LogP contribution < -0.4 is 0 Å². The molecule has 0 N–H and O–H groups in total. The second-order valence-electron chi connectivity index (χ2n) is 5.40. The van der Waals surface area contributed by atoms with Crippen LogP contribution in [0.2, 0.25) is 10.0 Å². The molecule has 0 aliphatic heterocycles. The Hall–Kier alpha value is -2.02. The second kappa shape index (κ2) is 8.58. The quantitative estimate of drug-likeness (QED) is 0.405. The predicted octanol–water partition coefficient (Wildman–Crippen LogP) is 5.33. The van der Waals surface area contributed by atoms with E-state index in [0.29, 0.717) is 26.4 Å². The van der Waals surface area contributed by atoms with Crippen LogP contribution in [0.4, 0.5) is 0 Å². The largest absolute Gasteiger partial charge is 0.457 e. The first-order chi connectivity index (χ1) is 12.5. The Morgan fingerprint density at radius 3 is 2.81 bits per heavy atom. The number of aryl methyl sites for hydroxylation is 1. The van der Waals surface area contributed by atoms with Crippen molar-refractivity contribution in [2.45, 2.75) is 24.3 Å². The fraction of sp³-hybridized carbons (Fsp3) is 0.167. The first-order valence-corrected chi connectivity index (χ1v) is 9.38. The summed E-state index contributed by atoms with van der Waals surface area (Å²) < 4.78 is 10.4. The molecule has 0 aliphatic carbocycles. The Morgan fingerprint density at radius 2 is 2.08 bits per heavy atom. The molecule has 0 saturated carbocycles. The van der Waals surface area contributed by atoms with Crippen LogP contribution in [-0.4, -0.2) is 16.1 Å². The highest BCUT2D eigenvalue weighted by atomic mass is 35.5. The van der Waals surface area contributed by atoms with Gasteiger partial charge in [0.15, 0.2) is 0 Å². The molecule has 2 heterocycles. The zero-order chi connectivity index (χ0) is 18.5. The standard InChI is InChI=1S/C18H14Cl2N2O3S/c1-11-7-13(22-25-11)10-26-17-14(3-2-6-21-17)18(23)24-9-12-4-5-15(19)16(20)8-12/h2-8H,9-10H2,1H3. The summed E-state index contributed by atoms with van der Waals surface area (Å²) in [4.78, 5) is 16.7. The maximum absolute atomic E-state index is 12.4. The van der Waals surface area contributed by atoms with E-state index in [4.69, 9.17) is 32.5 Å². The fourth-order valence-electron chi connectivity index (χ4n) is 2.15. The first kappa shape index (κ1) is 18.8. The monoisotopic (exact) mass is 408 g/mol. The highest BCUT2D eigenvalue weighted by Crippen LogP contribution is 2.26. The number of nitrogens with zero attached hydrogens (tertiary/aromatic N) is 2. The first-order valence-electron chi connectivity index (χ1n) is 7.64. The molecular weight excluding hydrogens is 395 g/mol. The van der Waals surface area contributed by atoms with Gasteiger partial charge in [0.05, 0.1) is 21.3 Å². The summed E-state index contributed by atoms with van der Waals surface area (Å²) in [7, 11) is 0. The topological polar surface area (TPSA) is 65.2 Å². The number of hydrogen-bond donors (Lipinski definition) is 0. The molecule has 3 aromatic rings. The highest BCUT2D eigenvalue weighted by molar-refractivity contribution is 7.98. The van der Waals surface area contributed by atoms with Gasteiger partial charge in [0.2, 0.25) is 0 Å². The van der Waals surface area contributed by atoms with Crippen LogP contribution >= 0.6 is 35.0 Å². The van der Waals surface area contributed by atoms with Crippen molar-refractivity contribution in [2.24, 2.45) is 0 Å². The minimum atomic E-state index is -0.456. The lowest BCUT2D eigenvalue weighted by atomic mass is 10.2. The van der Waals surface area contributed by atoms with Crippen LogP contribution in [0.25, 0.3) is 0 Å². The van der Waals surface area contributed by atoms with E-state index < -0.39 is 5.97 Å². The summed E-state index contributed by atoms with van der Waals surface area (Å²) in [6.07, 6.45) is 1.63. The summed E-state index contributed by atoms with van der Waals surface area (Å²) in [5, 5.41) is 5.38. The number of esters is 1. The van der Waals surface area contributed by atoms with Crippen molar-refractivity contribution in [3.63, 3.8) is 0 Å². The maximum Gasteiger partial charge on any atom is 0.341 e. The van der Waals surface area contributed by atoms with E-state index in [9.17, 15) is 4.79 Å². The van der Waals surface area contributed by atoms with Crippen molar-refractivity contribution in [1.29, 1.82) is 0 Å². The van der Waals surface area contributed by atoms with Crippen LogP contribution in [0.15, 0.2) is 52.1 Å². The molecular formula is C18H14Cl2N2O3S. The molecule has 2 aromatic heterocycles. The number of rotatable bonds is 6. The van der Waals surface area contributed by atoms with E-state index in [1.807, 2.05) is 13.0 Å². The van der Waals surface area contributed by atoms with Crippen LogP contribution in [-0.2, 0) is 17.1 Å². The summed E-state index contributed by atoms with van der Waals surface area (Å²) in [6.45, 7) is 1.92. The van der Waals surface area contributed by atoms with Crippen molar-refractivity contribution in [2.75, 3.05) is 0 Å². The molecule has 8 heteroatoms. The lowest BCUT2D eigenvalue weighted by molar-refractivity contribution is 0.0467. The van der Waals surface area contributed by atoms with Crippen molar-refractivity contribution < 1.29 is 14.1 Å². The van der Waals surface area contributed by atoms with E-state index in [-0.39, 0.29) is 6.61 Å². The zero-order valence-electron chi connectivity index (χ0n) is 13.7. The van der Waals surface area contributed by atoms with Gasteiger partial charge in [-0.2, -0.15) is 0 Å². The van der Waals surface area contributed by atoms with Crippen LogP contribution in [0.3, 0.4) is 0 Å². The fourth-order valence-corrected chi connectivity index (χ4v) is 3.33. The van der Waals surface area contributed by atoms with E-state index in [2.05, 4.69) is 10.1 Å². The van der Waals surface area contributed by atoms with E-state index in [1.54, 1.807) is 36.5 Å². The minimum absolute atomic E-state index is 0.0944. The summed E-state index contributed by atoms with van der Waals surface area (Å²) in [6, 6.07) is 10.3. The third-order valence-corrected chi connectivity index (χ3v) is 5.16. The highest BCUT2D eigenvalue weighted by Gasteiger charge is 2.15. The van der Waals surface area contributed by atoms with Crippen molar-refractivity contribution in [3.8, 4) is 0 Å². The smallest absolute Gasteiger partial charge is 0.341 e. The summed E-state index contributed by atoms with van der Waals surface area (Å²) >= 11 is 13.3. The molecule has 0 radical (unpaired) electrons. The van der Waals surface area contributed by atoms with Gasteiger partial charge in [-0.3, -0.25) is 0 Å². The van der Waals surface area contributed by atoms with Crippen LogP contribution in [0.1, 0.15) is 27.4 Å². The number of halogens is 2. The lowest BCUT2D eigenvalue weighted by Crippen LogP contribution is -2.07. The number of pyridine rings is 1. The molecule has 0 aliphatic rings. The number of hydrogen-bond acceptors (Lipinski definition) is 6. The Kier molecular flexibility index (Phi) is 6.19. The van der Waals surface area contributed by atoms with Gasteiger partial charge in [-0.1, -0.05) is 46.2 Å². The van der Waals surface area contributed by atoms with Crippen LogP contribution in [0.5, 0.6) is 0 Å². The Balaban J connectivity index is 1.66. The summed E-state index contributed by atoms with van der Waals surface area (Å²) in [5.74, 6) is 0.826. The molecule has 0 bridgehead atoms. The van der Waals surface area contributed by atoms with Crippen LogP contribution in [0, 0.1) is 6.92 Å². The minimum Gasteiger partial charge on any atom is -0.457 e. The molecule has 0 atom stereocenters. The number of aromatic nitrogens is 2. The summed E-state index contributed by atoms with van der Waals surface area (Å²) in [5.41, 5.74) is 1.94. The van der Waals surface area contributed by atoms with Crippen molar-refractivity contribution in [1.82, 2.24) is 10.1 Å². The second-order valence-corrected chi connectivity index (χ2v) is 7.18. The molecule has 0 fully saturated rings. The number of thioether (sulfide) groups is 1. The Morgan fingerprint density at radius 1 is 1.23 bits per heavy atom. The average Bonchev–Trinajstić information content (AvgIpc) is 3.06. The van der Waals surface area contributed by atoms with Gasteiger partial charge in [0.1, 0.15) is 17.4 Å². The van der Waals surface area contributed by atoms with Gasteiger partial charge < -0.3 is 9.26 Å². The molecule has 0 unspecified atom stereocenters. The predicted molar refractivity (Wildman–Crippen MR) is 101 cm³/mol. The van der Waals surface area contributed by atoms with E-state index in [1.165, 1.54) is 11.8 Å². The van der Waals surface area contributed by atoms with E-state index in [0.717, 1.165) is 17.0 Å². The molecule has 26 heavy (non-hydrogen) atoms. The molecule has 0 spiro atoms. The molecule has 3 rings (SSSR count).